The maximum Gasteiger partial charge on any atom is 0.0184 e. The molecule has 8 heavy (non-hydrogen) atoms. The van der Waals surface area contributed by atoms with Crippen molar-refractivity contribution in [2.24, 2.45) is 0 Å². The minimum atomic E-state index is 0.917. The van der Waals surface area contributed by atoms with Crippen LogP contribution in [0.25, 0.3) is 0 Å². The van der Waals surface area contributed by atoms with Crippen molar-refractivity contribution in [1.29, 1.82) is 0 Å². The number of likely N-dealkylation sites (tertiary alicyclic amines) is 1. The van der Waals surface area contributed by atoms with Gasteiger partial charge in [0, 0.05) is 11.8 Å². The molecule has 0 bridgehead atoms. The second-order valence-electron chi connectivity index (χ2n) is 2.41. The first-order valence-electron chi connectivity index (χ1n) is 3.04. The predicted octanol–water partition coefficient (Wildman–Crippen LogP) is 1.05. The number of thioether (sulfide) groups is 1. The summed E-state index contributed by atoms with van der Waals surface area (Å²) in [5.74, 6) is 0. The lowest BCUT2D eigenvalue weighted by Crippen LogP contribution is -2.14. The van der Waals surface area contributed by atoms with E-state index in [2.05, 4.69) is 18.2 Å². The van der Waals surface area contributed by atoms with E-state index in [4.69, 9.17) is 0 Å². The standard InChI is InChI=1S/C6H13NS/c1-7-4-3-6(5-7)8-2/h6H,3-5H2,1-2H3. The quantitative estimate of drug-likeness (QED) is 0.523. The van der Waals surface area contributed by atoms with Gasteiger partial charge in [-0.25, -0.2) is 0 Å². The third-order valence-electron chi connectivity index (χ3n) is 1.68. The maximum atomic E-state index is 2.39. The molecule has 1 unspecified atom stereocenters. The van der Waals surface area contributed by atoms with E-state index in [0.29, 0.717) is 0 Å². The second kappa shape index (κ2) is 2.74. The molecule has 0 radical (unpaired) electrons. The lowest BCUT2D eigenvalue weighted by atomic mass is 10.4. The third kappa shape index (κ3) is 1.39. The molecule has 0 aliphatic carbocycles. The number of nitrogens with zero attached hydrogens (tertiary/aromatic N) is 1. The zero-order valence-electron chi connectivity index (χ0n) is 5.55. The van der Waals surface area contributed by atoms with E-state index in [1.54, 1.807) is 0 Å². The molecule has 1 fully saturated rings. The zero-order valence-corrected chi connectivity index (χ0v) is 6.37. The number of hydrogen-bond donors (Lipinski definition) is 0. The number of hydrogen-bond acceptors (Lipinski definition) is 2. The Morgan fingerprint density at radius 2 is 2.38 bits per heavy atom. The lowest BCUT2D eigenvalue weighted by Gasteiger charge is -2.05. The van der Waals surface area contributed by atoms with E-state index in [1.807, 2.05) is 11.8 Å². The molecule has 48 valence electrons. The van der Waals surface area contributed by atoms with E-state index in [9.17, 15) is 0 Å². The van der Waals surface area contributed by atoms with Crippen molar-refractivity contribution in [2.75, 3.05) is 26.4 Å². The van der Waals surface area contributed by atoms with Gasteiger partial charge in [0.15, 0.2) is 0 Å². The van der Waals surface area contributed by atoms with Gasteiger partial charge in [-0.3, -0.25) is 0 Å². The monoisotopic (exact) mass is 131 g/mol. The van der Waals surface area contributed by atoms with E-state index in [1.165, 1.54) is 19.5 Å². The van der Waals surface area contributed by atoms with Crippen molar-refractivity contribution in [1.82, 2.24) is 4.90 Å². The van der Waals surface area contributed by atoms with E-state index in [0.717, 1.165) is 5.25 Å². The molecule has 1 heterocycles. The fourth-order valence-electron chi connectivity index (χ4n) is 1.09. The molecule has 0 saturated carbocycles. The Morgan fingerprint density at radius 3 is 2.62 bits per heavy atom. The molecule has 0 aromatic carbocycles. The van der Waals surface area contributed by atoms with Gasteiger partial charge in [0.2, 0.25) is 0 Å². The van der Waals surface area contributed by atoms with Crippen LogP contribution in [0.2, 0.25) is 0 Å². The van der Waals surface area contributed by atoms with Gasteiger partial charge in [0.1, 0.15) is 0 Å². The molecule has 1 atom stereocenters. The Bertz CT molecular complexity index is 74.9. The Kier molecular flexibility index (Phi) is 2.20. The summed E-state index contributed by atoms with van der Waals surface area (Å²) in [6, 6.07) is 0. The SMILES string of the molecule is CSC1CCN(C)C1. The highest BCUT2D eigenvalue weighted by Crippen LogP contribution is 2.17. The molecule has 2 heteroatoms. The van der Waals surface area contributed by atoms with Crippen LogP contribution in [0, 0.1) is 0 Å². The van der Waals surface area contributed by atoms with Crippen molar-refractivity contribution in [2.45, 2.75) is 11.7 Å². The van der Waals surface area contributed by atoms with E-state index >= 15 is 0 Å². The summed E-state index contributed by atoms with van der Waals surface area (Å²) in [5, 5.41) is 0.917. The molecule has 1 rings (SSSR count). The largest absolute Gasteiger partial charge is 0.305 e. The molecule has 0 aromatic rings. The zero-order chi connectivity index (χ0) is 5.98. The molecule has 0 amide bonds. The summed E-state index contributed by atoms with van der Waals surface area (Å²) >= 11 is 1.99. The Balaban J connectivity index is 2.22. The molecule has 0 spiro atoms. The van der Waals surface area contributed by atoms with Crippen molar-refractivity contribution >= 4 is 11.8 Å². The van der Waals surface area contributed by atoms with E-state index < -0.39 is 0 Å². The molecule has 1 aliphatic heterocycles. The van der Waals surface area contributed by atoms with Crippen molar-refractivity contribution in [3.63, 3.8) is 0 Å². The fourth-order valence-corrected chi connectivity index (χ4v) is 1.83. The van der Waals surface area contributed by atoms with Crippen LogP contribution in [-0.2, 0) is 0 Å². The first-order valence-corrected chi connectivity index (χ1v) is 4.33. The highest BCUT2D eigenvalue weighted by molar-refractivity contribution is 7.99. The topological polar surface area (TPSA) is 3.24 Å². The van der Waals surface area contributed by atoms with Crippen LogP contribution in [-0.4, -0.2) is 36.5 Å². The lowest BCUT2D eigenvalue weighted by molar-refractivity contribution is 0.419. The minimum Gasteiger partial charge on any atom is -0.305 e. The van der Waals surface area contributed by atoms with Gasteiger partial charge >= 0.3 is 0 Å². The van der Waals surface area contributed by atoms with Gasteiger partial charge in [-0.15, -0.1) is 0 Å². The summed E-state index contributed by atoms with van der Waals surface area (Å²) < 4.78 is 0. The van der Waals surface area contributed by atoms with Crippen LogP contribution in [0.3, 0.4) is 0 Å². The normalized spacial score (nSPS) is 31.5. The van der Waals surface area contributed by atoms with Gasteiger partial charge in [0.05, 0.1) is 0 Å². The van der Waals surface area contributed by atoms with Crippen LogP contribution in [0.5, 0.6) is 0 Å². The summed E-state index contributed by atoms with van der Waals surface area (Å²) in [7, 11) is 2.19. The van der Waals surface area contributed by atoms with Crippen LogP contribution in [0.15, 0.2) is 0 Å². The Labute approximate surface area is 55.4 Å². The van der Waals surface area contributed by atoms with Gasteiger partial charge in [0.25, 0.3) is 0 Å². The van der Waals surface area contributed by atoms with Crippen LogP contribution < -0.4 is 0 Å². The molecular formula is C6H13NS. The summed E-state index contributed by atoms with van der Waals surface area (Å²) in [5.41, 5.74) is 0. The fraction of sp³-hybridized carbons (Fsp3) is 1.00. The highest BCUT2D eigenvalue weighted by atomic mass is 32.2. The van der Waals surface area contributed by atoms with Crippen molar-refractivity contribution in [3.05, 3.63) is 0 Å². The van der Waals surface area contributed by atoms with Crippen LogP contribution in [0.1, 0.15) is 6.42 Å². The Morgan fingerprint density at radius 1 is 1.62 bits per heavy atom. The van der Waals surface area contributed by atoms with Crippen molar-refractivity contribution in [3.8, 4) is 0 Å². The average molecular weight is 131 g/mol. The summed E-state index contributed by atoms with van der Waals surface area (Å²) in [6.07, 6.45) is 3.58. The van der Waals surface area contributed by atoms with Gasteiger partial charge in [-0.05, 0) is 26.3 Å². The van der Waals surface area contributed by atoms with Crippen LogP contribution in [0.4, 0.5) is 0 Å². The first kappa shape index (κ1) is 6.43. The molecular weight excluding hydrogens is 118 g/mol. The smallest absolute Gasteiger partial charge is 0.0184 e. The van der Waals surface area contributed by atoms with Crippen molar-refractivity contribution < 1.29 is 0 Å². The molecule has 0 aromatic heterocycles. The minimum absolute atomic E-state index is 0.917. The first-order chi connectivity index (χ1) is 3.83. The molecule has 1 nitrogen and oxygen atoms in total. The number of rotatable bonds is 1. The Hall–Kier alpha value is 0.310. The molecule has 1 saturated heterocycles. The van der Waals surface area contributed by atoms with Crippen LogP contribution >= 0.6 is 11.8 Å². The molecule has 0 N–H and O–H groups in total. The maximum absolute atomic E-state index is 2.39. The third-order valence-corrected chi connectivity index (χ3v) is 2.73. The van der Waals surface area contributed by atoms with Gasteiger partial charge < -0.3 is 4.90 Å². The highest BCUT2D eigenvalue weighted by Gasteiger charge is 2.17. The molecule has 1 aliphatic rings. The van der Waals surface area contributed by atoms with Gasteiger partial charge in [-0.2, -0.15) is 11.8 Å². The average Bonchev–Trinajstić information content (AvgIpc) is 2.14. The summed E-state index contributed by atoms with van der Waals surface area (Å²) in [4.78, 5) is 2.39. The summed E-state index contributed by atoms with van der Waals surface area (Å²) in [6.45, 7) is 2.59. The van der Waals surface area contributed by atoms with Gasteiger partial charge in [-0.1, -0.05) is 0 Å². The van der Waals surface area contributed by atoms with E-state index in [-0.39, 0.29) is 0 Å². The second-order valence-corrected chi connectivity index (χ2v) is 3.55. The predicted molar refractivity (Wildman–Crippen MR) is 39.4 cm³/mol.